The first-order chi connectivity index (χ1) is 9.70. The minimum absolute atomic E-state index is 0.00360. The monoisotopic (exact) mass is 277 g/mol. The maximum Gasteiger partial charge on any atom is 0.317 e. The van der Waals surface area contributed by atoms with Crippen LogP contribution in [0.4, 0.5) is 10.5 Å². The van der Waals surface area contributed by atoms with E-state index in [0.29, 0.717) is 6.54 Å². The van der Waals surface area contributed by atoms with Crippen LogP contribution in [0.1, 0.15) is 12.8 Å². The molecule has 1 fully saturated rings. The number of amides is 2. The third-order valence-electron chi connectivity index (χ3n) is 3.73. The van der Waals surface area contributed by atoms with E-state index in [2.05, 4.69) is 22.3 Å². The van der Waals surface area contributed by atoms with Gasteiger partial charge in [-0.2, -0.15) is 0 Å². The number of anilines is 1. The molecular weight excluding hydrogens is 254 g/mol. The Morgan fingerprint density at radius 1 is 1.35 bits per heavy atom. The number of aliphatic hydroxyl groups excluding tert-OH is 1. The van der Waals surface area contributed by atoms with Crippen LogP contribution in [-0.4, -0.2) is 55.4 Å². The number of carbonyl (C=O) groups excluding carboxylic acids is 1. The third-order valence-corrected chi connectivity index (χ3v) is 3.73. The van der Waals surface area contributed by atoms with E-state index in [4.69, 9.17) is 5.11 Å². The first kappa shape index (κ1) is 14.7. The van der Waals surface area contributed by atoms with Gasteiger partial charge >= 0.3 is 6.03 Å². The van der Waals surface area contributed by atoms with Crippen molar-refractivity contribution in [1.29, 1.82) is 0 Å². The number of benzene rings is 1. The Morgan fingerprint density at radius 3 is 2.60 bits per heavy atom. The van der Waals surface area contributed by atoms with Gasteiger partial charge in [0.1, 0.15) is 0 Å². The quantitative estimate of drug-likeness (QED) is 0.872. The van der Waals surface area contributed by atoms with Gasteiger partial charge in [0.25, 0.3) is 0 Å². The van der Waals surface area contributed by atoms with Crippen molar-refractivity contribution >= 4 is 11.7 Å². The molecule has 5 heteroatoms. The van der Waals surface area contributed by atoms with Crippen LogP contribution >= 0.6 is 0 Å². The summed E-state index contributed by atoms with van der Waals surface area (Å²) in [7, 11) is 1.70. The lowest BCUT2D eigenvalue weighted by atomic mass is 10.0. The van der Waals surface area contributed by atoms with Crippen molar-refractivity contribution in [3.63, 3.8) is 0 Å². The van der Waals surface area contributed by atoms with Crippen LogP contribution in [-0.2, 0) is 0 Å². The van der Waals surface area contributed by atoms with E-state index in [1.807, 2.05) is 18.2 Å². The third kappa shape index (κ3) is 3.87. The lowest BCUT2D eigenvalue weighted by Gasteiger charge is -2.34. The lowest BCUT2D eigenvalue weighted by Crippen LogP contribution is -2.48. The highest BCUT2D eigenvalue weighted by atomic mass is 16.3. The number of rotatable bonds is 4. The standard InChI is InChI=1S/C15H23N3O2/c1-17(11-12-19)15(20)16-13-7-9-18(10-8-13)14-5-3-2-4-6-14/h2-6,13,19H,7-12H2,1H3,(H,16,20). The van der Waals surface area contributed by atoms with Crippen molar-refractivity contribution in [1.82, 2.24) is 10.2 Å². The fourth-order valence-electron chi connectivity index (χ4n) is 2.46. The number of hydrogen-bond acceptors (Lipinski definition) is 3. The number of likely N-dealkylation sites (N-methyl/N-ethyl adjacent to an activating group) is 1. The molecule has 1 aliphatic rings. The van der Waals surface area contributed by atoms with Crippen molar-refractivity contribution in [2.75, 3.05) is 38.2 Å². The van der Waals surface area contributed by atoms with E-state index < -0.39 is 0 Å². The topological polar surface area (TPSA) is 55.8 Å². The zero-order chi connectivity index (χ0) is 14.4. The summed E-state index contributed by atoms with van der Waals surface area (Å²) in [5, 5.41) is 11.8. The van der Waals surface area contributed by atoms with Crippen LogP contribution in [0, 0.1) is 0 Å². The number of hydrogen-bond donors (Lipinski definition) is 2. The normalized spacial score (nSPS) is 16.0. The van der Waals surface area contributed by atoms with Gasteiger partial charge in [-0.15, -0.1) is 0 Å². The fourth-order valence-corrected chi connectivity index (χ4v) is 2.46. The smallest absolute Gasteiger partial charge is 0.317 e. The highest BCUT2D eigenvalue weighted by Gasteiger charge is 2.21. The Labute approximate surface area is 120 Å². The van der Waals surface area contributed by atoms with E-state index in [0.717, 1.165) is 25.9 Å². The number of nitrogens with zero attached hydrogens (tertiary/aromatic N) is 2. The molecule has 20 heavy (non-hydrogen) atoms. The number of urea groups is 1. The lowest BCUT2D eigenvalue weighted by molar-refractivity contribution is 0.185. The molecule has 0 aromatic heterocycles. The second-order valence-electron chi connectivity index (χ2n) is 5.19. The van der Waals surface area contributed by atoms with E-state index in [1.165, 1.54) is 10.6 Å². The van der Waals surface area contributed by atoms with Crippen LogP contribution in [0.3, 0.4) is 0 Å². The minimum Gasteiger partial charge on any atom is -0.395 e. The summed E-state index contributed by atoms with van der Waals surface area (Å²) in [5.74, 6) is 0. The van der Waals surface area contributed by atoms with Crippen LogP contribution in [0.25, 0.3) is 0 Å². The van der Waals surface area contributed by atoms with Gasteiger partial charge in [0, 0.05) is 38.4 Å². The molecule has 0 unspecified atom stereocenters. The predicted molar refractivity (Wildman–Crippen MR) is 79.9 cm³/mol. The van der Waals surface area contributed by atoms with Gasteiger partial charge in [0.05, 0.1) is 6.61 Å². The number of carbonyl (C=O) groups is 1. The van der Waals surface area contributed by atoms with Gasteiger partial charge in [0.2, 0.25) is 0 Å². The van der Waals surface area contributed by atoms with Gasteiger partial charge in [-0.05, 0) is 25.0 Å². The summed E-state index contributed by atoms with van der Waals surface area (Å²) in [5.41, 5.74) is 1.25. The molecule has 0 saturated carbocycles. The summed E-state index contributed by atoms with van der Waals surface area (Å²) in [6.07, 6.45) is 1.90. The maximum atomic E-state index is 11.8. The Bertz CT molecular complexity index is 416. The van der Waals surface area contributed by atoms with Crippen molar-refractivity contribution < 1.29 is 9.90 Å². The van der Waals surface area contributed by atoms with Gasteiger partial charge in [-0.1, -0.05) is 18.2 Å². The SMILES string of the molecule is CN(CCO)C(=O)NC1CCN(c2ccccc2)CC1. The first-order valence-corrected chi connectivity index (χ1v) is 7.13. The van der Waals surface area contributed by atoms with Gasteiger partial charge in [-0.25, -0.2) is 4.79 Å². The van der Waals surface area contributed by atoms with E-state index in [1.54, 1.807) is 7.05 Å². The molecule has 2 N–H and O–H groups in total. The second-order valence-corrected chi connectivity index (χ2v) is 5.19. The number of nitrogens with one attached hydrogen (secondary N) is 1. The average molecular weight is 277 g/mol. The van der Waals surface area contributed by atoms with E-state index in [-0.39, 0.29) is 18.7 Å². The van der Waals surface area contributed by atoms with Crippen LogP contribution < -0.4 is 10.2 Å². The van der Waals surface area contributed by atoms with Crippen LogP contribution in [0.15, 0.2) is 30.3 Å². The fraction of sp³-hybridized carbons (Fsp3) is 0.533. The molecule has 1 aromatic rings. The number of aliphatic hydroxyl groups is 1. The molecule has 1 aliphatic heterocycles. The molecule has 1 saturated heterocycles. The van der Waals surface area contributed by atoms with Crippen molar-refractivity contribution in [3.8, 4) is 0 Å². The highest BCUT2D eigenvalue weighted by molar-refractivity contribution is 5.74. The molecule has 0 aliphatic carbocycles. The van der Waals surface area contributed by atoms with Crippen LogP contribution in [0.5, 0.6) is 0 Å². The molecule has 1 aromatic carbocycles. The zero-order valence-corrected chi connectivity index (χ0v) is 12.0. The Hall–Kier alpha value is -1.75. The molecular formula is C15H23N3O2. The maximum absolute atomic E-state index is 11.8. The van der Waals surface area contributed by atoms with E-state index >= 15 is 0 Å². The molecule has 1 heterocycles. The van der Waals surface area contributed by atoms with Crippen molar-refractivity contribution in [2.45, 2.75) is 18.9 Å². The number of piperidine rings is 1. The summed E-state index contributed by atoms with van der Waals surface area (Å²) < 4.78 is 0. The Balaban J connectivity index is 1.78. The zero-order valence-electron chi connectivity index (χ0n) is 12.0. The van der Waals surface area contributed by atoms with Gasteiger partial charge < -0.3 is 20.2 Å². The molecule has 0 radical (unpaired) electrons. The van der Waals surface area contributed by atoms with Crippen LogP contribution in [0.2, 0.25) is 0 Å². The average Bonchev–Trinajstić information content (AvgIpc) is 2.49. The van der Waals surface area contributed by atoms with E-state index in [9.17, 15) is 4.79 Å². The van der Waals surface area contributed by atoms with Gasteiger partial charge in [-0.3, -0.25) is 0 Å². The molecule has 0 atom stereocenters. The summed E-state index contributed by atoms with van der Waals surface area (Å²) in [4.78, 5) is 15.7. The van der Waals surface area contributed by atoms with Crippen molar-refractivity contribution in [3.05, 3.63) is 30.3 Å². The molecule has 0 spiro atoms. The highest BCUT2D eigenvalue weighted by Crippen LogP contribution is 2.19. The molecule has 2 rings (SSSR count). The second kappa shape index (κ2) is 7.14. The Kier molecular flexibility index (Phi) is 5.24. The van der Waals surface area contributed by atoms with Crippen molar-refractivity contribution in [2.24, 2.45) is 0 Å². The molecule has 5 nitrogen and oxygen atoms in total. The van der Waals surface area contributed by atoms with Gasteiger partial charge in [0.15, 0.2) is 0 Å². The molecule has 0 bridgehead atoms. The molecule has 110 valence electrons. The predicted octanol–water partition coefficient (Wildman–Crippen LogP) is 1.29. The largest absolute Gasteiger partial charge is 0.395 e. The summed E-state index contributed by atoms with van der Waals surface area (Å²) in [6.45, 7) is 2.28. The Morgan fingerprint density at radius 2 is 2.00 bits per heavy atom. The minimum atomic E-state index is -0.0998. The summed E-state index contributed by atoms with van der Waals surface area (Å²) in [6, 6.07) is 10.5. The number of para-hydroxylation sites is 1. The summed E-state index contributed by atoms with van der Waals surface area (Å²) >= 11 is 0. The molecule has 2 amide bonds. The first-order valence-electron chi connectivity index (χ1n) is 7.13.